The predicted molar refractivity (Wildman–Crippen MR) is 95.6 cm³/mol. The Bertz CT molecular complexity index is 728. The molecule has 4 heteroatoms. The molecule has 0 aliphatic rings. The first-order valence-electron chi connectivity index (χ1n) is 8.11. The van der Waals surface area contributed by atoms with E-state index in [1.165, 1.54) is 5.56 Å². The van der Waals surface area contributed by atoms with Gasteiger partial charge in [-0.05, 0) is 72.2 Å². The van der Waals surface area contributed by atoms with Gasteiger partial charge < -0.3 is 15.6 Å². The molecule has 0 spiro atoms. The lowest BCUT2D eigenvalue weighted by Crippen LogP contribution is -2.20. The highest BCUT2D eigenvalue weighted by molar-refractivity contribution is 5.75. The van der Waals surface area contributed by atoms with Gasteiger partial charge in [-0.3, -0.25) is 4.79 Å². The number of primary amides is 1. The van der Waals surface area contributed by atoms with Crippen LogP contribution < -0.4 is 10.5 Å². The third-order valence-corrected chi connectivity index (χ3v) is 4.15. The third-order valence-electron chi connectivity index (χ3n) is 4.15. The Morgan fingerprint density at radius 2 is 1.79 bits per heavy atom. The van der Waals surface area contributed by atoms with Gasteiger partial charge in [-0.25, -0.2) is 0 Å². The van der Waals surface area contributed by atoms with Crippen LogP contribution in [0.2, 0.25) is 0 Å². The first-order valence-corrected chi connectivity index (χ1v) is 8.11. The van der Waals surface area contributed by atoms with E-state index in [2.05, 4.69) is 19.9 Å². The van der Waals surface area contributed by atoms with Crippen molar-refractivity contribution in [2.24, 2.45) is 5.73 Å². The minimum absolute atomic E-state index is 0.117. The number of carbonyl (C=O) groups excluding carboxylic acids is 1. The van der Waals surface area contributed by atoms with Crippen molar-refractivity contribution in [3.8, 4) is 11.5 Å². The monoisotopic (exact) mass is 327 g/mol. The summed E-state index contributed by atoms with van der Waals surface area (Å²) in [5.74, 6) is 0.787. The molecule has 0 aromatic heterocycles. The fourth-order valence-electron chi connectivity index (χ4n) is 2.85. The summed E-state index contributed by atoms with van der Waals surface area (Å²) in [7, 11) is 0. The van der Waals surface area contributed by atoms with E-state index in [1.54, 1.807) is 6.07 Å². The Balaban J connectivity index is 2.27. The molecule has 2 aromatic rings. The van der Waals surface area contributed by atoms with Gasteiger partial charge in [0.2, 0.25) is 0 Å². The van der Waals surface area contributed by atoms with Gasteiger partial charge in [-0.1, -0.05) is 26.0 Å². The number of carbonyl (C=O) groups is 1. The number of phenolic OH excluding ortho intramolecular Hbond substituents is 1. The van der Waals surface area contributed by atoms with Gasteiger partial charge in [0.15, 0.2) is 6.61 Å². The van der Waals surface area contributed by atoms with E-state index in [9.17, 15) is 9.90 Å². The topological polar surface area (TPSA) is 72.5 Å². The number of hydrogen-bond donors (Lipinski definition) is 2. The van der Waals surface area contributed by atoms with Crippen LogP contribution in [0.4, 0.5) is 0 Å². The number of aryl methyl sites for hydroxylation is 2. The van der Waals surface area contributed by atoms with Crippen LogP contribution >= 0.6 is 0 Å². The highest BCUT2D eigenvalue weighted by atomic mass is 16.5. The molecule has 0 atom stereocenters. The summed E-state index contributed by atoms with van der Waals surface area (Å²) in [4.78, 5) is 10.8. The quantitative estimate of drug-likeness (QED) is 0.851. The number of nitrogens with two attached hydrogens (primary N) is 1. The largest absolute Gasteiger partial charge is 0.508 e. The SMILES string of the molecule is Cc1cc(OCC(N)=O)cc(C)c1Cc1ccc(O)c(C(C)C)c1. The molecule has 0 saturated carbocycles. The van der Waals surface area contributed by atoms with Crippen molar-refractivity contribution < 1.29 is 14.6 Å². The molecule has 0 radical (unpaired) electrons. The lowest BCUT2D eigenvalue weighted by atomic mass is 9.93. The lowest BCUT2D eigenvalue weighted by molar-refractivity contribution is -0.119. The average molecular weight is 327 g/mol. The molecule has 1 amide bonds. The molecule has 0 bridgehead atoms. The number of ether oxygens (including phenoxy) is 1. The standard InChI is InChI=1S/C20H25NO3/c1-12(2)17-9-15(5-6-19(17)22)10-18-13(3)7-16(8-14(18)4)24-11-20(21)23/h5-9,12,22H,10-11H2,1-4H3,(H2,21,23). The Morgan fingerprint density at radius 1 is 1.17 bits per heavy atom. The molecular weight excluding hydrogens is 302 g/mol. The molecule has 128 valence electrons. The third kappa shape index (κ3) is 4.28. The van der Waals surface area contributed by atoms with Gasteiger partial charge in [0.05, 0.1) is 0 Å². The first-order chi connectivity index (χ1) is 11.3. The maximum atomic E-state index is 10.8. The summed E-state index contributed by atoms with van der Waals surface area (Å²) in [6.07, 6.45) is 0.785. The second kappa shape index (κ2) is 7.39. The maximum absolute atomic E-state index is 10.8. The van der Waals surface area contributed by atoms with E-state index in [0.29, 0.717) is 11.5 Å². The van der Waals surface area contributed by atoms with Crippen molar-refractivity contribution in [3.63, 3.8) is 0 Å². The number of amides is 1. The molecule has 0 unspecified atom stereocenters. The van der Waals surface area contributed by atoms with Crippen LogP contribution in [0.25, 0.3) is 0 Å². The van der Waals surface area contributed by atoms with E-state index in [-0.39, 0.29) is 12.5 Å². The fourth-order valence-corrected chi connectivity index (χ4v) is 2.85. The van der Waals surface area contributed by atoms with Crippen molar-refractivity contribution in [2.45, 2.75) is 40.0 Å². The highest BCUT2D eigenvalue weighted by Gasteiger charge is 2.11. The summed E-state index contributed by atoms with van der Waals surface area (Å²) >= 11 is 0. The molecule has 0 aliphatic carbocycles. The normalized spacial score (nSPS) is 10.9. The minimum Gasteiger partial charge on any atom is -0.508 e. The fraction of sp³-hybridized carbons (Fsp3) is 0.350. The molecular formula is C20H25NO3. The van der Waals surface area contributed by atoms with Crippen LogP contribution in [0.1, 0.15) is 47.6 Å². The van der Waals surface area contributed by atoms with E-state index >= 15 is 0 Å². The summed E-state index contributed by atoms with van der Waals surface area (Å²) in [5, 5.41) is 9.97. The van der Waals surface area contributed by atoms with Crippen LogP contribution in [-0.2, 0) is 11.2 Å². The van der Waals surface area contributed by atoms with Gasteiger partial charge in [0.1, 0.15) is 11.5 Å². The summed E-state index contributed by atoms with van der Waals surface area (Å²) in [6.45, 7) is 8.08. The average Bonchev–Trinajstić information content (AvgIpc) is 2.50. The number of aromatic hydroxyl groups is 1. The Kier molecular flexibility index (Phi) is 5.50. The Morgan fingerprint density at radius 3 is 2.33 bits per heavy atom. The smallest absolute Gasteiger partial charge is 0.255 e. The molecule has 2 aromatic carbocycles. The van der Waals surface area contributed by atoms with Crippen LogP contribution in [0.15, 0.2) is 30.3 Å². The zero-order chi connectivity index (χ0) is 17.9. The predicted octanol–water partition coefficient (Wildman–Crippen LogP) is 3.59. The molecule has 24 heavy (non-hydrogen) atoms. The van der Waals surface area contributed by atoms with Crippen molar-refractivity contribution in [3.05, 3.63) is 58.1 Å². The zero-order valence-corrected chi connectivity index (χ0v) is 14.7. The van der Waals surface area contributed by atoms with Gasteiger partial charge in [0.25, 0.3) is 5.91 Å². The van der Waals surface area contributed by atoms with Crippen LogP contribution in [0, 0.1) is 13.8 Å². The van der Waals surface area contributed by atoms with Crippen LogP contribution in [0.5, 0.6) is 11.5 Å². The Labute approximate surface area is 143 Å². The molecule has 0 heterocycles. The molecule has 2 rings (SSSR count). The van der Waals surface area contributed by atoms with Crippen LogP contribution in [-0.4, -0.2) is 17.6 Å². The number of benzene rings is 2. The van der Waals surface area contributed by atoms with E-state index in [1.807, 2.05) is 32.0 Å². The van der Waals surface area contributed by atoms with Crippen molar-refractivity contribution >= 4 is 5.91 Å². The number of phenols is 1. The first kappa shape index (κ1) is 17.9. The Hall–Kier alpha value is -2.49. The second-order valence-corrected chi connectivity index (χ2v) is 6.52. The summed E-state index contributed by atoms with van der Waals surface area (Å²) < 4.78 is 5.39. The second-order valence-electron chi connectivity index (χ2n) is 6.52. The van der Waals surface area contributed by atoms with E-state index in [4.69, 9.17) is 10.5 Å². The van der Waals surface area contributed by atoms with Crippen LogP contribution in [0.3, 0.4) is 0 Å². The van der Waals surface area contributed by atoms with E-state index < -0.39 is 5.91 Å². The van der Waals surface area contributed by atoms with Gasteiger partial charge >= 0.3 is 0 Å². The zero-order valence-electron chi connectivity index (χ0n) is 14.7. The summed E-state index contributed by atoms with van der Waals surface area (Å²) in [6, 6.07) is 9.64. The highest BCUT2D eigenvalue weighted by Crippen LogP contribution is 2.29. The van der Waals surface area contributed by atoms with Crippen molar-refractivity contribution in [1.29, 1.82) is 0 Å². The molecule has 0 aliphatic heterocycles. The van der Waals surface area contributed by atoms with Gasteiger partial charge in [-0.2, -0.15) is 0 Å². The van der Waals surface area contributed by atoms with Gasteiger partial charge in [-0.15, -0.1) is 0 Å². The molecule has 0 fully saturated rings. The lowest BCUT2D eigenvalue weighted by Gasteiger charge is -2.15. The maximum Gasteiger partial charge on any atom is 0.255 e. The van der Waals surface area contributed by atoms with Crippen molar-refractivity contribution in [2.75, 3.05) is 6.61 Å². The van der Waals surface area contributed by atoms with Gasteiger partial charge in [0, 0.05) is 0 Å². The number of hydrogen-bond acceptors (Lipinski definition) is 3. The van der Waals surface area contributed by atoms with Crippen molar-refractivity contribution in [1.82, 2.24) is 0 Å². The number of rotatable bonds is 6. The molecule has 0 saturated heterocycles. The van der Waals surface area contributed by atoms with E-state index in [0.717, 1.165) is 28.7 Å². The molecule has 4 nitrogen and oxygen atoms in total. The molecule has 3 N–H and O–H groups in total. The summed E-state index contributed by atoms with van der Waals surface area (Å²) in [5.41, 5.74) is 10.7. The minimum atomic E-state index is -0.486.